The van der Waals surface area contributed by atoms with E-state index in [4.69, 9.17) is 0 Å². The molecule has 1 aromatic carbocycles. The lowest BCUT2D eigenvalue weighted by atomic mass is 9.88. The van der Waals surface area contributed by atoms with Gasteiger partial charge in [0, 0.05) is 0 Å². The fourth-order valence-electron chi connectivity index (χ4n) is 1.92. The van der Waals surface area contributed by atoms with Crippen molar-refractivity contribution in [1.29, 1.82) is 0 Å². The molecule has 0 bridgehead atoms. The highest BCUT2D eigenvalue weighted by atomic mass is 14.1. The summed E-state index contributed by atoms with van der Waals surface area (Å²) in [6.45, 7) is 24.9. The minimum absolute atomic E-state index is 0.404. The molecule has 1 rings (SSSR count). The molecule has 0 spiro atoms. The van der Waals surface area contributed by atoms with E-state index in [1.165, 1.54) is 31.2 Å². The van der Waals surface area contributed by atoms with Gasteiger partial charge in [0.2, 0.25) is 0 Å². The van der Waals surface area contributed by atoms with Gasteiger partial charge in [-0.05, 0) is 34.7 Å². The Bertz CT molecular complexity index is 392. The van der Waals surface area contributed by atoms with Crippen LogP contribution in [0.3, 0.4) is 0 Å². The second-order valence-corrected chi connectivity index (χ2v) is 10.8. The van der Waals surface area contributed by atoms with Crippen LogP contribution in [0, 0.1) is 16.2 Å². The van der Waals surface area contributed by atoms with E-state index in [9.17, 15) is 0 Å². The molecule has 0 aliphatic heterocycles. The molecule has 0 heterocycles. The first-order chi connectivity index (χ1) is 11.2. The lowest BCUT2D eigenvalue weighted by Gasteiger charge is -2.17. The minimum atomic E-state index is 0.404. The number of benzene rings is 1. The largest absolute Gasteiger partial charge is 0.0654 e. The zero-order chi connectivity index (χ0) is 20.1. The number of unbranched alkanes of at least 4 members (excludes halogenated alkanes) is 1. The van der Waals surface area contributed by atoms with Crippen molar-refractivity contribution in [3.05, 3.63) is 35.9 Å². The molecular weight excluding hydrogens is 300 g/mol. The molecule has 0 aliphatic carbocycles. The van der Waals surface area contributed by atoms with Crippen molar-refractivity contribution < 1.29 is 0 Å². The lowest BCUT2D eigenvalue weighted by molar-refractivity contribution is 0.363. The van der Waals surface area contributed by atoms with E-state index in [0.29, 0.717) is 16.2 Å². The third-order valence-corrected chi connectivity index (χ3v) is 3.92. The molecule has 0 nitrogen and oxygen atoms in total. The van der Waals surface area contributed by atoms with Crippen molar-refractivity contribution in [3.63, 3.8) is 0 Å². The van der Waals surface area contributed by atoms with Crippen LogP contribution in [0.5, 0.6) is 0 Å². The molecule has 0 amide bonds. The number of hydrogen-bond acceptors (Lipinski definition) is 0. The number of hydrogen-bond donors (Lipinski definition) is 0. The predicted octanol–water partition coefficient (Wildman–Crippen LogP) is 8.94. The molecule has 0 fully saturated rings. The second kappa shape index (κ2) is 12.6. The summed E-state index contributed by atoms with van der Waals surface area (Å²) in [4.78, 5) is 0. The van der Waals surface area contributed by atoms with Gasteiger partial charge in [0.15, 0.2) is 0 Å². The Kier molecular flexibility index (Phi) is 13.3. The van der Waals surface area contributed by atoms with Crippen molar-refractivity contribution >= 4 is 0 Å². The zero-order valence-electron chi connectivity index (χ0n) is 19.4. The summed E-state index contributed by atoms with van der Waals surface area (Å²) >= 11 is 0. The molecule has 25 heavy (non-hydrogen) atoms. The summed E-state index contributed by atoms with van der Waals surface area (Å²) in [5.74, 6) is 0. The first kappa shape index (κ1) is 26.4. The smallest absolute Gasteiger partial charge is 0.0230 e. The molecule has 0 N–H and O–H groups in total. The van der Waals surface area contributed by atoms with Gasteiger partial charge in [-0.15, -0.1) is 0 Å². The molecule has 0 aromatic heterocycles. The highest BCUT2D eigenvalue weighted by molar-refractivity contribution is 5.15. The minimum Gasteiger partial charge on any atom is -0.0654 e. The van der Waals surface area contributed by atoms with E-state index in [2.05, 4.69) is 106 Å². The summed E-state index contributed by atoms with van der Waals surface area (Å²) in [5.41, 5.74) is 2.93. The fraction of sp³-hybridized carbons (Fsp3) is 0.760. The maximum absolute atomic E-state index is 2.29. The zero-order valence-corrected chi connectivity index (χ0v) is 19.4. The molecule has 0 aliphatic rings. The van der Waals surface area contributed by atoms with Crippen LogP contribution >= 0.6 is 0 Å². The Morgan fingerprint density at radius 3 is 1.32 bits per heavy atom. The SMILES string of the molecule is CC(C)(C)Cc1ccccc1.CCC(C)(C)C.CCCCC(C)(C)C. The topological polar surface area (TPSA) is 0 Å². The van der Waals surface area contributed by atoms with Crippen molar-refractivity contribution in [2.75, 3.05) is 0 Å². The Morgan fingerprint density at radius 2 is 1.08 bits per heavy atom. The van der Waals surface area contributed by atoms with Crippen LogP contribution in [0.15, 0.2) is 30.3 Å². The van der Waals surface area contributed by atoms with E-state index in [-0.39, 0.29) is 0 Å². The van der Waals surface area contributed by atoms with Crippen LogP contribution in [0.25, 0.3) is 0 Å². The second-order valence-electron chi connectivity index (χ2n) is 10.8. The van der Waals surface area contributed by atoms with Gasteiger partial charge in [-0.2, -0.15) is 0 Å². The van der Waals surface area contributed by atoms with Crippen LogP contribution in [0.2, 0.25) is 0 Å². The molecule has 0 saturated heterocycles. The molecule has 0 unspecified atom stereocenters. The maximum Gasteiger partial charge on any atom is -0.0230 e. The Morgan fingerprint density at radius 1 is 0.640 bits per heavy atom. The highest BCUT2D eigenvalue weighted by Gasteiger charge is 2.10. The van der Waals surface area contributed by atoms with Gasteiger partial charge in [-0.3, -0.25) is 0 Å². The molecular formula is C25H48. The summed E-state index contributed by atoms with van der Waals surface area (Å²) in [6.07, 6.45) is 6.51. The fourth-order valence-corrected chi connectivity index (χ4v) is 1.92. The molecule has 0 saturated carbocycles. The van der Waals surface area contributed by atoms with E-state index in [1.54, 1.807) is 0 Å². The number of rotatable bonds is 3. The summed E-state index contributed by atoms with van der Waals surface area (Å²) in [7, 11) is 0. The van der Waals surface area contributed by atoms with Crippen molar-refractivity contribution in [3.8, 4) is 0 Å². The third-order valence-electron chi connectivity index (χ3n) is 3.92. The summed E-state index contributed by atoms with van der Waals surface area (Å²) in [5, 5.41) is 0. The Hall–Kier alpha value is -0.780. The van der Waals surface area contributed by atoms with Crippen molar-refractivity contribution in [2.24, 2.45) is 16.2 Å². The van der Waals surface area contributed by atoms with Gasteiger partial charge in [0.25, 0.3) is 0 Å². The average molecular weight is 349 g/mol. The highest BCUT2D eigenvalue weighted by Crippen LogP contribution is 2.21. The summed E-state index contributed by atoms with van der Waals surface area (Å²) < 4.78 is 0. The van der Waals surface area contributed by atoms with Crippen LogP contribution < -0.4 is 0 Å². The Balaban J connectivity index is 0. The van der Waals surface area contributed by atoms with Crippen LogP contribution in [-0.2, 0) is 6.42 Å². The van der Waals surface area contributed by atoms with Gasteiger partial charge in [-0.25, -0.2) is 0 Å². The Labute approximate surface area is 160 Å². The maximum atomic E-state index is 2.29. The van der Waals surface area contributed by atoms with Gasteiger partial charge >= 0.3 is 0 Å². The van der Waals surface area contributed by atoms with Crippen LogP contribution in [0.1, 0.15) is 107 Å². The van der Waals surface area contributed by atoms with E-state index in [0.717, 1.165) is 6.42 Å². The molecule has 1 aromatic rings. The predicted molar refractivity (Wildman–Crippen MR) is 118 cm³/mol. The van der Waals surface area contributed by atoms with Crippen LogP contribution in [0.4, 0.5) is 0 Å². The van der Waals surface area contributed by atoms with Gasteiger partial charge in [-0.1, -0.05) is 126 Å². The normalized spacial score (nSPS) is 11.8. The first-order valence-corrected chi connectivity index (χ1v) is 10.2. The van der Waals surface area contributed by atoms with Gasteiger partial charge in [0.1, 0.15) is 0 Å². The molecule has 148 valence electrons. The van der Waals surface area contributed by atoms with Crippen LogP contribution in [-0.4, -0.2) is 0 Å². The van der Waals surface area contributed by atoms with E-state index in [1.807, 2.05) is 0 Å². The lowest BCUT2D eigenvalue weighted by Crippen LogP contribution is -2.08. The van der Waals surface area contributed by atoms with Gasteiger partial charge in [0.05, 0.1) is 0 Å². The van der Waals surface area contributed by atoms with Crippen molar-refractivity contribution in [1.82, 2.24) is 0 Å². The molecule has 0 atom stereocenters. The van der Waals surface area contributed by atoms with E-state index < -0.39 is 0 Å². The molecule has 0 heteroatoms. The average Bonchev–Trinajstić information content (AvgIpc) is 2.44. The quantitative estimate of drug-likeness (QED) is 0.511. The summed E-state index contributed by atoms with van der Waals surface area (Å²) in [6, 6.07) is 10.6. The standard InChI is InChI=1S/C11H16.C8H18.C6H14/c1-11(2,3)9-10-7-5-4-6-8-10;1-5-6-7-8(2,3)4;1-5-6(2,3)4/h4-8H,9H2,1-3H3;5-7H2,1-4H3;5H2,1-4H3. The molecule has 0 radical (unpaired) electrons. The monoisotopic (exact) mass is 348 g/mol. The first-order valence-electron chi connectivity index (χ1n) is 10.2. The third kappa shape index (κ3) is 25.6. The van der Waals surface area contributed by atoms with Gasteiger partial charge < -0.3 is 0 Å². The van der Waals surface area contributed by atoms with E-state index >= 15 is 0 Å². The van der Waals surface area contributed by atoms with Crippen molar-refractivity contribution in [2.45, 2.75) is 108 Å².